The SMILES string of the molecule is Cc1ccc(C(F)(F)C(F)(F)F)c(Cl)c1. The second-order valence-corrected chi connectivity index (χ2v) is 3.46. The summed E-state index contributed by atoms with van der Waals surface area (Å²) in [6.45, 7) is 1.54. The maximum Gasteiger partial charge on any atom is 0.458 e. The van der Waals surface area contributed by atoms with Gasteiger partial charge in [-0.15, -0.1) is 0 Å². The molecule has 1 aromatic carbocycles. The van der Waals surface area contributed by atoms with Gasteiger partial charge in [0, 0.05) is 5.56 Å². The van der Waals surface area contributed by atoms with Gasteiger partial charge in [-0.05, 0) is 18.6 Å². The standard InChI is InChI=1S/C9H6ClF5/c1-5-2-3-6(7(10)4-5)8(11,12)9(13,14)15/h2-4H,1H3. The molecule has 0 aliphatic heterocycles. The highest BCUT2D eigenvalue weighted by Crippen LogP contribution is 2.46. The fourth-order valence-electron chi connectivity index (χ4n) is 1.03. The molecule has 1 rings (SSSR count). The third kappa shape index (κ3) is 2.22. The molecule has 0 aliphatic carbocycles. The minimum Gasteiger partial charge on any atom is -0.191 e. The summed E-state index contributed by atoms with van der Waals surface area (Å²) in [5, 5.41) is -0.586. The zero-order valence-electron chi connectivity index (χ0n) is 7.50. The van der Waals surface area contributed by atoms with Crippen LogP contribution in [0.2, 0.25) is 5.02 Å². The van der Waals surface area contributed by atoms with Crippen molar-refractivity contribution in [1.82, 2.24) is 0 Å². The predicted octanol–water partition coefficient (Wildman–Crippen LogP) is 4.30. The summed E-state index contributed by atoms with van der Waals surface area (Å²) in [7, 11) is 0. The molecule has 0 amide bonds. The minimum atomic E-state index is -5.63. The Morgan fingerprint density at radius 2 is 1.60 bits per heavy atom. The van der Waals surface area contributed by atoms with Crippen LogP contribution in [0.3, 0.4) is 0 Å². The van der Waals surface area contributed by atoms with E-state index in [0.717, 1.165) is 12.1 Å². The van der Waals surface area contributed by atoms with Crippen molar-refractivity contribution in [3.63, 3.8) is 0 Å². The molecule has 15 heavy (non-hydrogen) atoms. The summed E-state index contributed by atoms with van der Waals surface area (Å²) in [6.07, 6.45) is -5.63. The van der Waals surface area contributed by atoms with Crippen LogP contribution in [0.5, 0.6) is 0 Å². The zero-order chi connectivity index (χ0) is 11.9. The number of aryl methyl sites for hydroxylation is 1. The molecule has 0 aliphatic rings. The Balaban J connectivity index is 3.28. The first kappa shape index (κ1) is 12.2. The van der Waals surface area contributed by atoms with Gasteiger partial charge in [0.05, 0.1) is 5.02 Å². The van der Waals surface area contributed by atoms with E-state index in [1.807, 2.05) is 0 Å². The van der Waals surface area contributed by atoms with Crippen molar-refractivity contribution in [3.8, 4) is 0 Å². The molecule has 0 fully saturated rings. The monoisotopic (exact) mass is 244 g/mol. The average molecular weight is 245 g/mol. The largest absolute Gasteiger partial charge is 0.458 e. The van der Waals surface area contributed by atoms with Gasteiger partial charge in [0.15, 0.2) is 0 Å². The van der Waals surface area contributed by atoms with Crippen LogP contribution >= 0.6 is 11.6 Å². The lowest BCUT2D eigenvalue weighted by atomic mass is 10.1. The van der Waals surface area contributed by atoms with Gasteiger partial charge in [-0.2, -0.15) is 22.0 Å². The molecule has 0 nitrogen and oxygen atoms in total. The van der Waals surface area contributed by atoms with E-state index in [9.17, 15) is 22.0 Å². The maximum atomic E-state index is 12.8. The Morgan fingerprint density at radius 3 is 2.00 bits per heavy atom. The first-order valence-electron chi connectivity index (χ1n) is 3.87. The summed E-state index contributed by atoms with van der Waals surface area (Å²) in [5.41, 5.74) is -0.705. The van der Waals surface area contributed by atoms with Crippen molar-refractivity contribution < 1.29 is 22.0 Å². The van der Waals surface area contributed by atoms with Gasteiger partial charge in [0.25, 0.3) is 0 Å². The van der Waals surface area contributed by atoms with Crippen LogP contribution in [-0.4, -0.2) is 6.18 Å². The van der Waals surface area contributed by atoms with Crippen molar-refractivity contribution in [2.45, 2.75) is 19.0 Å². The fourth-order valence-corrected chi connectivity index (χ4v) is 1.38. The van der Waals surface area contributed by atoms with E-state index in [1.165, 1.54) is 0 Å². The van der Waals surface area contributed by atoms with Crippen molar-refractivity contribution in [2.75, 3.05) is 0 Å². The van der Waals surface area contributed by atoms with Crippen LogP contribution < -0.4 is 0 Å². The van der Waals surface area contributed by atoms with E-state index in [0.29, 0.717) is 11.6 Å². The molecule has 0 heterocycles. The van der Waals surface area contributed by atoms with E-state index in [1.54, 1.807) is 6.92 Å². The lowest BCUT2D eigenvalue weighted by molar-refractivity contribution is -0.289. The molecule has 6 heteroatoms. The van der Waals surface area contributed by atoms with Crippen molar-refractivity contribution >= 4 is 11.6 Å². The van der Waals surface area contributed by atoms with Crippen LogP contribution in [0.25, 0.3) is 0 Å². The third-order valence-corrected chi connectivity index (χ3v) is 2.13. The van der Waals surface area contributed by atoms with Crippen LogP contribution in [-0.2, 0) is 5.92 Å². The molecule has 0 aromatic heterocycles. The van der Waals surface area contributed by atoms with Crippen molar-refractivity contribution in [3.05, 3.63) is 34.3 Å². The molecular weight excluding hydrogens is 239 g/mol. The summed E-state index contributed by atoms with van der Waals surface area (Å²) in [4.78, 5) is 0. The maximum absolute atomic E-state index is 12.8. The molecular formula is C9H6ClF5. The molecule has 0 N–H and O–H groups in total. The van der Waals surface area contributed by atoms with Gasteiger partial charge >= 0.3 is 12.1 Å². The van der Waals surface area contributed by atoms with E-state index in [4.69, 9.17) is 11.6 Å². The molecule has 84 valence electrons. The quantitative estimate of drug-likeness (QED) is 0.646. The highest BCUT2D eigenvalue weighted by atomic mass is 35.5. The highest BCUT2D eigenvalue weighted by molar-refractivity contribution is 6.31. The second kappa shape index (κ2) is 3.63. The summed E-state index contributed by atoms with van der Waals surface area (Å²) in [5.74, 6) is -4.92. The lowest BCUT2D eigenvalue weighted by Gasteiger charge is -2.20. The topological polar surface area (TPSA) is 0 Å². The number of hydrogen-bond donors (Lipinski definition) is 0. The predicted molar refractivity (Wildman–Crippen MR) is 46.1 cm³/mol. The van der Waals surface area contributed by atoms with Crippen LogP contribution in [0, 0.1) is 6.92 Å². The molecule has 0 radical (unpaired) electrons. The fraction of sp³-hybridized carbons (Fsp3) is 0.333. The van der Waals surface area contributed by atoms with Crippen molar-refractivity contribution in [1.29, 1.82) is 0 Å². The highest BCUT2D eigenvalue weighted by Gasteiger charge is 2.59. The Morgan fingerprint density at radius 1 is 1.07 bits per heavy atom. The molecule has 0 saturated heterocycles. The Kier molecular flexibility index (Phi) is 2.96. The van der Waals surface area contributed by atoms with E-state index < -0.39 is 22.7 Å². The number of alkyl halides is 5. The number of rotatable bonds is 1. The average Bonchev–Trinajstić information content (AvgIpc) is 2.00. The van der Waals surface area contributed by atoms with Crippen molar-refractivity contribution in [2.24, 2.45) is 0 Å². The van der Waals surface area contributed by atoms with Gasteiger partial charge < -0.3 is 0 Å². The zero-order valence-corrected chi connectivity index (χ0v) is 8.26. The number of hydrogen-bond acceptors (Lipinski definition) is 0. The van der Waals surface area contributed by atoms with Gasteiger partial charge in [0.2, 0.25) is 0 Å². The van der Waals surface area contributed by atoms with Gasteiger partial charge in [-0.25, -0.2) is 0 Å². The van der Waals surface area contributed by atoms with E-state index >= 15 is 0 Å². The molecule has 0 saturated carbocycles. The molecule has 0 spiro atoms. The van der Waals surface area contributed by atoms with E-state index in [-0.39, 0.29) is 0 Å². The Hall–Kier alpha value is -0.840. The molecule has 0 unspecified atom stereocenters. The molecule has 0 bridgehead atoms. The summed E-state index contributed by atoms with van der Waals surface area (Å²) >= 11 is 5.34. The van der Waals surface area contributed by atoms with Gasteiger partial charge in [0.1, 0.15) is 0 Å². The Bertz CT molecular complexity index is 369. The van der Waals surface area contributed by atoms with Crippen LogP contribution in [0.4, 0.5) is 22.0 Å². The summed E-state index contributed by atoms with van der Waals surface area (Å²) < 4.78 is 61.7. The van der Waals surface area contributed by atoms with Gasteiger partial charge in [-0.3, -0.25) is 0 Å². The number of benzene rings is 1. The van der Waals surface area contributed by atoms with E-state index in [2.05, 4.69) is 0 Å². The van der Waals surface area contributed by atoms with Gasteiger partial charge in [-0.1, -0.05) is 23.7 Å². The first-order chi connectivity index (χ1) is 6.66. The molecule has 0 atom stereocenters. The smallest absolute Gasteiger partial charge is 0.191 e. The Labute approximate surface area is 87.7 Å². The second-order valence-electron chi connectivity index (χ2n) is 3.06. The lowest BCUT2D eigenvalue weighted by Crippen LogP contribution is -2.33. The molecule has 1 aromatic rings. The van der Waals surface area contributed by atoms with Crippen LogP contribution in [0.1, 0.15) is 11.1 Å². The third-order valence-electron chi connectivity index (χ3n) is 1.82. The first-order valence-corrected chi connectivity index (χ1v) is 4.25. The minimum absolute atomic E-state index is 0.515. The number of halogens is 6. The summed E-state index contributed by atoms with van der Waals surface area (Å²) in [6, 6.07) is 2.91. The van der Waals surface area contributed by atoms with Crippen LogP contribution in [0.15, 0.2) is 18.2 Å². The normalized spacial score (nSPS) is 13.0.